The molecule has 1 saturated heterocycles. The summed E-state index contributed by atoms with van der Waals surface area (Å²) in [4.78, 5) is 13.8. The molecule has 2 N–H and O–H groups in total. The molecular formula is C13H19ClN2O2. The molecule has 2 rings (SSSR count). The maximum atomic E-state index is 12.0. The van der Waals surface area contributed by atoms with Crippen molar-refractivity contribution in [3.8, 4) is 5.75 Å². The Morgan fingerprint density at radius 1 is 1.44 bits per heavy atom. The highest BCUT2D eigenvalue weighted by Crippen LogP contribution is 2.14. The van der Waals surface area contributed by atoms with Gasteiger partial charge in [-0.25, -0.2) is 0 Å². The highest BCUT2D eigenvalue weighted by molar-refractivity contribution is 5.85. The number of halogens is 1. The van der Waals surface area contributed by atoms with Crippen molar-refractivity contribution in [2.45, 2.75) is 18.9 Å². The highest BCUT2D eigenvalue weighted by atomic mass is 35.5. The zero-order valence-corrected chi connectivity index (χ0v) is 11.3. The molecule has 0 spiro atoms. The van der Waals surface area contributed by atoms with Crippen LogP contribution in [0.5, 0.6) is 5.75 Å². The molecule has 0 unspecified atom stereocenters. The standard InChI is InChI=1S/C13H18N2O2.ClH/c1-17-12-4-2-10(3-5-12)8-13(16)15-7-6-11(14)9-15;/h2-5,11H,6-9,14H2,1H3;1H/t11-;/m1./s1. The van der Waals surface area contributed by atoms with E-state index in [1.807, 2.05) is 29.2 Å². The molecule has 1 atom stereocenters. The fourth-order valence-corrected chi connectivity index (χ4v) is 2.04. The van der Waals surface area contributed by atoms with Gasteiger partial charge in [-0.15, -0.1) is 12.4 Å². The molecule has 0 saturated carbocycles. The summed E-state index contributed by atoms with van der Waals surface area (Å²) in [5.41, 5.74) is 6.79. The quantitative estimate of drug-likeness (QED) is 0.899. The van der Waals surface area contributed by atoms with Gasteiger partial charge in [0.15, 0.2) is 0 Å². The Kier molecular flexibility index (Phi) is 5.44. The summed E-state index contributed by atoms with van der Waals surface area (Å²) in [6.07, 6.45) is 1.35. The number of hydrogen-bond acceptors (Lipinski definition) is 3. The predicted octanol–water partition coefficient (Wildman–Crippen LogP) is 1.22. The summed E-state index contributed by atoms with van der Waals surface area (Å²) < 4.78 is 5.08. The third-order valence-electron chi connectivity index (χ3n) is 3.09. The largest absolute Gasteiger partial charge is 0.497 e. The average Bonchev–Trinajstić information content (AvgIpc) is 2.77. The van der Waals surface area contributed by atoms with E-state index in [0.29, 0.717) is 13.0 Å². The molecule has 1 aliphatic rings. The molecule has 1 aliphatic heterocycles. The van der Waals surface area contributed by atoms with Crippen LogP contribution in [0, 0.1) is 0 Å². The summed E-state index contributed by atoms with van der Waals surface area (Å²) in [5.74, 6) is 0.965. The SMILES string of the molecule is COc1ccc(CC(=O)N2CC[C@@H](N)C2)cc1.Cl. The Hall–Kier alpha value is -1.26. The van der Waals surface area contributed by atoms with Crippen molar-refractivity contribution in [1.29, 1.82) is 0 Å². The van der Waals surface area contributed by atoms with Crippen LogP contribution in [0.15, 0.2) is 24.3 Å². The number of ether oxygens (including phenoxy) is 1. The van der Waals surface area contributed by atoms with Gasteiger partial charge in [-0.3, -0.25) is 4.79 Å². The maximum Gasteiger partial charge on any atom is 0.227 e. The minimum atomic E-state index is 0. The van der Waals surface area contributed by atoms with E-state index in [1.54, 1.807) is 7.11 Å². The second-order valence-corrected chi connectivity index (χ2v) is 4.41. The number of likely N-dealkylation sites (tertiary alicyclic amines) is 1. The molecule has 4 nitrogen and oxygen atoms in total. The molecule has 1 amide bonds. The normalized spacial score (nSPS) is 18.3. The van der Waals surface area contributed by atoms with Crippen LogP contribution in [0.25, 0.3) is 0 Å². The van der Waals surface area contributed by atoms with Gasteiger partial charge in [-0.2, -0.15) is 0 Å². The second kappa shape index (κ2) is 6.61. The summed E-state index contributed by atoms with van der Waals surface area (Å²) in [7, 11) is 1.63. The Labute approximate surface area is 114 Å². The Bertz CT molecular complexity index is 394. The van der Waals surface area contributed by atoms with E-state index in [-0.39, 0.29) is 24.4 Å². The van der Waals surface area contributed by atoms with Crippen LogP contribution in [-0.2, 0) is 11.2 Å². The lowest BCUT2D eigenvalue weighted by Crippen LogP contribution is -2.32. The molecular weight excluding hydrogens is 252 g/mol. The minimum absolute atomic E-state index is 0. The van der Waals surface area contributed by atoms with E-state index < -0.39 is 0 Å². The number of carbonyl (C=O) groups excluding carboxylic acids is 1. The zero-order valence-electron chi connectivity index (χ0n) is 10.5. The van der Waals surface area contributed by atoms with E-state index in [4.69, 9.17) is 10.5 Å². The second-order valence-electron chi connectivity index (χ2n) is 4.41. The Morgan fingerprint density at radius 2 is 2.11 bits per heavy atom. The van der Waals surface area contributed by atoms with Crippen LogP contribution in [-0.4, -0.2) is 37.0 Å². The van der Waals surface area contributed by atoms with Gasteiger partial charge in [0.05, 0.1) is 13.5 Å². The Morgan fingerprint density at radius 3 is 2.61 bits per heavy atom. The van der Waals surface area contributed by atoms with Gasteiger partial charge in [0.2, 0.25) is 5.91 Å². The zero-order chi connectivity index (χ0) is 12.3. The molecule has 100 valence electrons. The van der Waals surface area contributed by atoms with Gasteiger partial charge in [-0.05, 0) is 24.1 Å². The fourth-order valence-electron chi connectivity index (χ4n) is 2.04. The molecule has 18 heavy (non-hydrogen) atoms. The number of methoxy groups -OCH3 is 1. The molecule has 1 aromatic rings. The maximum absolute atomic E-state index is 12.0. The van der Waals surface area contributed by atoms with E-state index >= 15 is 0 Å². The number of hydrogen-bond donors (Lipinski definition) is 1. The molecule has 5 heteroatoms. The average molecular weight is 271 g/mol. The van der Waals surface area contributed by atoms with Gasteiger partial charge in [0.1, 0.15) is 5.75 Å². The topological polar surface area (TPSA) is 55.6 Å². The molecule has 0 radical (unpaired) electrons. The number of benzene rings is 1. The van der Waals surface area contributed by atoms with Crippen molar-refractivity contribution in [3.05, 3.63) is 29.8 Å². The van der Waals surface area contributed by atoms with Crippen molar-refractivity contribution in [2.75, 3.05) is 20.2 Å². The van der Waals surface area contributed by atoms with Crippen LogP contribution in [0.3, 0.4) is 0 Å². The van der Waals surface area contributed by atoms with Gasteiger partial charge in [0.25, 0.3) is 0 Å². The third kappa shape index (κ3) is 3.62. The van der Waals surface area contributed by atoms with Crippen molar-refractivity contribution < 1.29 is 9.53 Å². The molecule has 1 fully saturated rings. The monoisotopic (exact) mass is 270 g/mol. The number of carbonyl (C=O) groups is 1. The first-order chi connectivity index (χ1) is 8.19. The highest BCUT2D eigenvalue weighted by Gasteiger charge is 2.23. The van der Waals surface area contributed by atoms with Gasteiger partial charge in [-0.1, -0.05) is 12.1 Å². The summed E-state index contributed by atoms with van der Waals surface area (Å²) >= 11 is 0. The molecule has 1 aromatic carbocycles. The van der Waals surface area contributed by atoms with E-state index in [2.05, 4.69) is 0 Å². The van der Waals surface area contributed by atoms with Gasteiger partial charge >= 0.3 is 0 Å². The first kappa shape index (κ1) is 14.8. The van der Waals surface area contributed by atoms with Crippen molar-refractivity contribution in [3.63, 3.8) is 0 Å². The van der Waals surface area contributed by atoms with Crippen LogP contribution < -0.4 is 10.5 Å². The smallest absolute Gasteiger partial charge is 0.227 e. The lowest BCUT2D eigenvalue weighted by Gasteiger charge is -2.15. The van der Waals surface area contributed by atoms with Crippen LogP contribution in [0.4, 0.5) is 0 Å². The van der Waals surface area contributed by atoms with Crippen molar-refractivity contribution in [1.82, 2.24) is 4.90 Å². The number of nitrogens with zero attached hydrogens (tertiary/aromatic N) is 1. The van der Waals surface area contributed by atoms with Crippen molar-refractivity contribution in [2.24, 2.45) is 5.73 Å². The number of rotatable bonds is 3. The predicted molar refractivity (Wildman–Crippen MR) is 73.1 cm³/mol. The lowest BCUT2D eigenvalue weighted by atomic mass is 10.1. The first-order valence-electron chi connectivity index (χ1n) is 5.85. The Balaban J connectivity index is 0.00000162. The van der Waals surface area contributed by atoms with Gasteiger partial charge < -0.3 is 15.4 Å². The molecule has 0 aliphatic carbocycles. The van der Waals surface area contributed by atoms with E-state index in [0.717, 1.165) is 24.3 Å². The van der Waals surface area contributed by atoms with Crippen molar-refractivity contribution >= 4 is 18.3 Å². The number of amides is 1. The lowest BCUT2D eigenvalue weighted by molar-refractivity contribution is -0.129. The summed E-state index contributed by atoms with van der Waals surface area (Å²) in [6.45, 7) is 1.48. The molecule has 0 aromatic heterocycles. The number of nitrogens with two attached hydrogens (primary N) is 1. The minimum Gasteiger partial charge on any atom is -0.497 e. The van der Waals surface area contributed by atoms with E-state index in [1.165, 1.54) is 0 Å². The van der Waals surface area contributed by atoms with Crippen LogP contribution >= 0.6 is 12.4 Å². The van der Waals surface area contributed by atoms with E-state index in [9.17, 15) is 4.79 Å². The third-order valence-corrected chi connectivity index (χ3v) is 3.09. The summed E-state index contributed by atoms with van der Waals surface area (Å²) in [5, 5.41) is 0. The molecule has 1 heterocycles. The molecule has 0 bridgehead atoms. The summed E-state index contributed by atoms with van der Waals surface area (Å²) in [6, 6.07) is 7.74. The fraction of sp³-hybridized carbons (Fsp3) is 0.462. The first-order valence-corrected chi connectivity index (χ1v) is 5.85. The van der Waals surface area contributed by atoms with Crippen LogP contribution in [0.2, 0.25) is 0 Å². The van der Waals surface area contributed by atoms with Crippen LogP contribution in [0.1, 0.15) is 12.0 Å². The van der Waals surface area contributed by atoms with Gasteiger partial charge in [0, 0.05) is 19.1 Å².